The van der Waals surface area contributed by atoms with Crippen LogP contribution in [0.2, 0.25) is 5.02 Å². The Balaban J connectivity index is 3.00. The minimum absolute atomic E-state index is 0.00132. The van der Waals surface area contributed by atoms with Crippen LogP contribution in [-0.2, 0) is 4.74 Å². The molecule has 5 nitrogen and oxygen atoms in total. The number of carbonyl (C=O) groups is 1. The second kappa shape index (κ2) is 7.08. The number of ether oxygens (including phenoxy) is 2. The molecule has 0 saturated heterocycles. The molecule has 0 fully saturated rings. The van der Waals surface area contributed by atoms with E-state index in [1.165, 1.54) is 12.1 Å². The molecule has 0 aliphatic heterocycles. The van der Waals surface area contributed by atoms with Gasteiger partial charge < -0.3 is 20.3 Å². The van der Waals surface area contributed by atoms with Gasteiger partial charge in [-0.1, -0.05) is 11.6 Å². The largest absolute Gasteiger partial charge is 0.491 e. The third kappa shape index (κ3) is 3.78. The summed E-state index contributed by atoms with van der Waals surface area (Å²) in [5.41, 5.74) is 6.18. The first-order valence-electron chi connectivity index (χ1n) is 5.60. The van der Waals surface area contributed by atoms with Crippen molar-refractivity contribution >= 4 is 23.3 Å². The number of aliphatic hydroxyl groups is 1. The van der Waals surface area contributed by atoms with Crippen LogP contribution in [0.5, 0.6) is 5.75 Å². The van der Waals surface area contributed by atoms with Gasteiger partial charge in [0.1, 0.15) is 5.56 Å². The number of halogens is 1. The Morgan fingerprint density at radius 1 is 1.50 bits per heavy atom. The van der Waals surface area contributed by atoms with E-state index in [1.807, 2.05) is 0 Å². The Morgan fingerprint density at radius 3 is 2.83 bits per heavy atom. The summed E-state index contributed by atoms with van der Waals surface area (Å²) in [5, 5.41) is 8.94. The quantitative estimate of drug-likeness (QED) is 0.470. The van der Waals surface area contributed by atoms with Crippen LogP contribution in [0.15, 0.2) is 12.1 Å². The molecular formula is C12H16ClNO4. The van der Waals surface area contributed by atoms with Gasteiger partial charge in [0, 0.05) is 18.7 Å². The van der Waals surface area contributed by atoms with Crippen LogP contribution in [0.3, 0.4) is 0 Å². The number of hydrogen-bond acceptors (Lipinski definition) is 5. The molecule has 0 heterocycles. The van der Waals surface area contributed by atoms with E-state index >= 15 is 0 Å². The van der Waals surface area contributed by atoms with E-state index < -0.39 is 5.97 Å². The van der Waals surface area contributed by atoms with Gasteiger partial charge in [0.05, 0.1) is 18.2 Å². The van der Waals surface area contributed by atoms with Crippen molar-refractivity contribution in [2.45, 2.75) is 13.3 Å². The monoisotopic (exact) mass is 273 g/mol. The Morgan fingerprint density at radius 2 is 2.22 bits per heavy atom. The smallest absolute Gasteiger partial charge is 0.342 e. The number of nitrogens with two attached hydrogens (primary N) is 1. The topological polar surface area (TPSA) is 81.8 Å². The highest BCUT2D eigenvalue weighted by molar-refractivity contribution is 6.33. The zero-order valence-electron chi connectivity index (χ0n) is 10.1. The van der Waals surface area contributed by atoms with Crippen LogP contribution in [0.4, 0.5) is 5.69 Å². The molecule has 0 aliphatic rings. The standard InChI is InChI=1S/C12H16ClNO4/c1-2-17-12(16)9-6-8(14)7-10(13)11(9)18-5-3-4-15/h6-7,15H,2-5,14H2,1H3. The van der Waals surface area contributed by atoms with Gasteiger partial charge in [-0.2, -0.15) is 0 Å². The van der Waals surface area contributed by atoms with Gasteiger partial charge in [-0.05, 0) is 19.1 Å². The maximum Gasteiger partial charge on any atom is 0.342 e. The van der Waals surface area contributed by atoms with E-state index in [1.54, 1.807) is 6.92 Å². The van der Waals surface area contributed by atoms with Crippen LogP contribution in [0.25, 0.3) is 0 Å². The van der Waals surface area contributed by atoms with Gasteiger partial charge in [-0.15, -0.1) is 0 Å². The molecule has 6 heteroatoms. The van der Waals surface area contributed by atoms with Crippen molar-refractivity contribution in [3.8, 4) is 5.75 Å². The zero-order chi connectivity index (χ0) is 13.5. The Labute approximate surface area is 110 Å². The fraction of sp³-hybridized carbons (Fsp3) is 0.417. The summed E-state index contributed by atoms with van der Waals surface area (Å²) in [7, 11) is 0. The molecule has 100 valence electrons. The summed E-state index contributed by atoms with van der Waals surface area (Å²) in [6, 6.07) is 2.96. The van der Waals surface area contributed by atoms with Gasteiger partial charge in [0.2, 0.25) is 0 Å². The number of esters is 1. The second-order valence-electron chi connectivity index (χ2n) is 3.53. The normalized spacial score (nSPS) is 10.2. The van der Waals surface area contributed by atoms with E-state index in [4.69, 9.17) is 31.9 Å². The lowest BCUT2D eigenvalue weighted by molar-refractivity contribution is 0.0521. The molecule has 0 spiro atoms. The lowest BCUT2D eigenvalue weighted by Crippen LogP contribution is -2.10. The molecule has 0 saturated carbocycles. The molecule has 18 heavy (non-hydrogen) atoms. The van der Waals surface area contributed by atoms with Crippen molar-refractivity contribution in [2.24, 2.45) is 0 Å². The number of anilines is 1. The molecular weight excluding hydrogens is 258 g/mol. The predicted octanol–water partition coefficient (Wildman–Crippen LogP) is 1.86. The third-order valence-corrected chi connectivity index (χ3v) is 2.39. The van der Waals surface area contributed by atoms with Gasteiger partial charge in [-0.25, -0.2) is 4.79 Å². The average Bonchev–Trinajstić information content (AvgIpc) is 2.31. The molecule has 0 unspecified atom stereocenters. The molecule has 0 bridgehead atoms. The van der Waals surface area contributed by atoms with Crippen LogP contribution in [0.1, 0.15) is 23.7 Å². The van der Waals surface area contributed by atoms with E-state index in [0.717, 1.165) is 0 Å². The van der Waals surface area contributed by atoms with E-state index in [0.29, 0.717) is 12.1 Å². The maximum atomic E-state index is 11.7. The summed E-state index contributed by atoms with van der Waals surface area (Å²) in [6.45, 7) is 2.22. The maximum absolute atomic E-state index is 11.7. The van der Waals surface area contributed by atoms with Crippen molar-refractivity contribution in [1.29, 1.82) is 0 Å². The summed E-state index contributed by atoms with van der Waals surface area (Å²) in [6.07, 6.45) is 0.447. The summed E-state index contributed by atoms with van der Waals surface area (Å²) in [4.78, 5) is 11.7. The van der Waals surface area contributed by atoms with Crippen molar-refractivity contribution in [3.05, 3.63) is 22.7 Å². The summed E-state index contributed by atoms with van der Waals surface area (Å²) < 4.78 is 10.3. The Hall–Kier alpha value is -1.46. The molecule has 0 aliphatic carbocycles. The van der Waals surface area contributed by atoms with Crippen molar-refractivity contribution in [3.63, 3.8) is 0 Å². The van der Waals surface area contributed by atoms with Crippen molar-refractivity contribution in [2.75, 3.05) is 25.6 Å². The highest BCUT2D eigenvalue weighted by atomic mass is 35.5. The van der Waals surface area contributed by atoms with Gasteiger partial charge in [-0.3, -0.25) is 0 Å². The molecule has 1 aromatic rings. The molecule has 0 radical (unpaired) electrons. The van der Waals surface area contributed by atoms with Gasteiger partial charge in [0.25, 0.3) is 0 Å². The van der Waals surface area contributed by atoms with Crippen LogP contribution in [0, 0.1) is 0 Å². The number of benzene rings is 1. The predicted molar refractivity (Wildman–Crippen MR) is 69.0 cm³/mol. The lowest BCUT2D eigenvalue weighted by Gasteiger charge is -2.13. The van der Waals surface area contributed by atoms with Crippen LogP contribution < -0.4 is 10.5 Å². The number of carbonyl (C=O) groups excluding carboxylic acids is 1. The van der Waals surface area contributed by atoms with Gasteiger partial charge >= 0.3 is 5.97 Å². The third-order valence-electron chi connectivity index (χ3n) is 2.11. The molecule has 3 N–H and O–H groups in total. The Bertz CT molecular complexity index is 423. The number of nitrogen functional groups attached to an aromatic ring is 1. The fourth-order valence-corrected chi connectivity index (χ4v) is 1.64. The molecule has 0 amide bonds. The lowest BCUT2D eigenvalue weighted by atomic mass is 10.2. The highest BCUT2D eigenvalue weighted by Gasteiger charge is 2.18. The second-order valence-corrected chi connectivity index (χ2v) is 3.93. The molecule has 0 aromatic heterocycles. The molecule has 1 rings (SSSR count). The molecule has 0 atom stereocenters. The molecule has 1 aromatic carbocycles. The van der Waals surface area contributed by atoms with Crippen molar-refractivity contribution in [1.82, 2.24) is 0 Å². The van der Waals surface area contributed by atoms with Gasteiger partial charge in [0.15, 0.2) is 5.75 Å². The van der Waals surface area contributed by atoms with Crippen LogP contribution in [-0.4, -0.2) is 30.9 Å². The minimum Gasteiger partial charge on any atom is -0.491 e. The fourth-order valence-electron chi connectivity index (χ4n) is 1.36. The number of hydrogen-bond donors (Lipinski definition) is 2. The number of aliphatic hydroxyl groups excluding tert-OH is 1. The average molecular weight is 274 g/mol. The first-order chi connectivity index (χ1) is 8.60. The first-order valence-corrected chi connectivity index (χ1v) is 5.97. The minimum atomic E-state index is -0.536. The van der Waals surface area contributed by atoms with Crippen LogP contribution >= 0.6 is 11.6 Å². The Kier molecular flexibility index (Phi) is 5.74. The highest BCUT2D eigenvalue weighted by Crippen LogP contribution is 2.32. The first kappa shape index (κ1) is 14.6. The van der Waals surface area contributed by atoms with Crippen molar-refractivity contribution < 1.29 is 19.4 Å². The van der Waals surface area contributed by atoms with E-state index in [9.17, 15) is 4.79 Å². The summed E-state index contributed by atoms with van der Waals surface area (Å²) >= 11 is 5.98. The zero-order valence-corrected chi connectivity index (χ0v) is 10.9. The summed E-state index contributed by atoms with van der Waals surface area (Å²) in [5.74, 6) is -0.302. The number of rotatable bonds is 6. The SMILES string of the molecule is CCOC(=O)c1cc(N)cc(Cl)c1OCCCO. The van der Waals surface area contributed by atoms with E-state index in [2.05, 4.69) is 0 Å². The van der Waals surface area contributed by atoms with E-state index in [-0.39, 0.29) is 36.2 Å².